The highest BCUT2D eigenvalue weighted by atomic mass is 19.1. The number of anilines is 1. The Morgan fingerprint density at radius 3 is 2.52 bits per heavy atom. The Labute approximate surface area is 155 Å². The van der Waals surface area contributed by atoms with Crippen molar-refractivity contribution in [3.8, 4) is 0 Å². The van der Waals surface area contributed by atoms with Gasteiger partial charge in [-0.05, 0) is 42.7 Å². The molecule has 0 saturated carbocycles. The lowest BCUT2D eigenvalue weighted by atomic mass is 10.1. The van der Waals surface area contributed by atoms with Gasteiger partial charge in [-0.3, -0.25) is 9.59 Å². The van der Waals surface area contributed by atoms with Crippen molar-refractivity contribution in [2.75, 3.05) is 11.4 Å². The van der Waals surface area contributed by atoms with Crippen LogP contribution in [0, 0.1) is 5.82 Å². The summed E-state index contributed by atoms with van der Waals surface area (Å²) < 4.78 is 13.9. The molecule has 2 amide bonds. The average Bonchev–Trinajstić information content (AvgIpc) is 3.01. The number of nitrogens with zero attached hydrogens (tertiary/aromatic N) is 1. The van der Waals surface area contributed by atoms with Crippen LogP contribution in [0.25, 0.3) is 0 Å². The lowest BCUT2D eigenvalue weighted by molar-refractivity contribution is -0.126. The van der Waals surface area contributed by atoms with E-state index in [0.29, 0.717) is 19.4 Å². The summed E-state index contributed by atoms with van der Waals surface area (Å²) in [5.41, 5.74) is 1.24. The summed E-state index contributed by atoms with van der Waals surface area (Å²) >= 11 is 0. The topological polar surface area (TPSA) is 86.7 Å². The van der Waals surface area contributed by atoms with E-state index >= 15 is 0 Å². The number of rotatable bonds is 6. The number of benzene rings is 2. The molecule has 0 bridgehead atoms. The number of hydrogen-bond acceptors (Lipinski definition) is 3. The summed E-state index contributed by atoms with van der Waals surface area (Å²) in [6, 6.07) is 11.7. The van der Waals surface area contributed by atoms with Gasteiger partial charge in [0.15, 0.2) is 0 Å². The predicted molar refractivity (Wildman–Crippen MR) is 97.0 cm³/mol. The number of carboxylic acids is 1. The number of aryl methyl sites for hydroxylation is 1. The quantitative estimate of drug-likeness (QED) is 0.817. The first-order valence-electron chi connectivity index (χ1n) is 8.63. The zero-order chi connectivity index (χ0) is 19.4. The smallest absolute Gasteiger partial charge is 0.335 e. The van der Waals surface area contributed by atoms with Crippen molar-refractivity contribution in [3.05, 3.63) is 65.5 Å². The van der Waals surface area contributed by atoms with E-state index in [0.717, 1.165) is 5.56 Å². The van der Waals surface area contributed by atoms with Gasteiger partial charge < -0.3 is 15.3 Å². The highest BCUT2D eigenvalue weighted by Gasteiger charge is 2.34. The maximum atomic E-state index is 13.9. The standard InChI is InChI=1S/C20H19FN2O4/c21-15-3-1-2-4-17(15)23-12-11-16(19(23)25)22-18(24)10-7-13-5-8-14(9-6-13)20(26)27/h1-6,8-9,16H,7,10-12H2,(H,22,24)(H,26,27). The molecule has 2 N–H and O–H groups in total. The maximum absolute atomic E-state index is 13.9. The molecule has 2 aromatic rings. The van der Waals surface area contributed by atoms with E-state index in [1.807, 2.05) is 0 Å². The van der Waals surface area contributed by atoms with E-state index in [2.05, 4.69) is 5.32 Å². The van der Waals surface area contributed by atoms with Crippen molar-refractivity contribution in [3.63, 3.8) is 0 Å². The molecule has 6 nitrogen and oxygen atoms in total. The summed E-state index contributed by atoms with van der Waals surface area (Å²) in [6.07, 6.45) is 1.03. The second kappa shape index (κ2) is 7.99. The van der Waals surface area contributed by atoms with Gasteiger partial charge in [0.25, 0.3) is 0 Å². The van der Waals surface area contributed by atoms with Crippen molar-refractivity contribution < 1.29 is 23.9 Å². The van der Waals surface area contributed by atoms with Crippen LogP contribution in [0.1, 0.15) is 28.8 Å². The fourth-order valence-electron chi connectivity index (χ4n) is 3.06. The monoisotopic (exact) mass is 370 g/mol. The zero-order valence-electron chi connectivity index (χ0n) is 14.5. The van der Waals surface area contributed by atoms with E-state index in [4.69, 9.17) is 5.11 Å². The number of carbonyl (C=O) groups excluding carboxylic acids is 2. The van der Waals surface area contributed by atoms with Crippen LogP contribution in [-0.2, 0) is 16.0 Å². The zero-order valence-corrected chi connectivity index (χ0v) is 14.5. The lowest BCUT2D eigenvalue weighted by Gasteiger charge is -2.17. The summed E-state index contributed by atoms with van der Waals surface area (Å²) in [6.45, 7) is 0.349. The third-order valence-electron chi connectivity index (χ3n) is 4.53. The molecule has 2 aromatic carbocycles. The Morgan fingerprint density at radius 2 is 1.85 bits per heavy atom. The third-order valence-corrected chi connectivity index (χ3v) is 4.53. The molecule has 1 heterocycles. The molecule has 0 spiro atoms. The number of carboxylic acid groups (broad SMARTS) is 1. The first-order chi connectivity index (χ1) is 13.0. The van der Waals surface area contributed by atoms with Crippen molar-refractivity contribution >= 4 is 23.5 Å². The summed E-state index contributed by atoms with van der Waals surface area (Å²) in [5.74, 6) is -2.06. The summed E-state index contributed by atoms with van der Waals surface area (Å²) in [7, 11) is 0. The van der Waals surface area contributed by atoms with E-state index in [9.17, 15) is 18.8 Å². The number of hydrogen-bond donors (Lipinski definition) is 2. The number of halogens is 1. The molecule has 1 aliphatic rings. The first kappa shape index (κ1) is 18.6. The van der Waals surface area contributed by atoms with Gasteiger partial charge in [-0.15, -0.1) is 0 Å². The molecule has 27 heavy (non-hydrogen) atoms. The van der Waals surface area contributed by atoms with Crippen molar-refractivity contribution in [1.82, 2.24) is 5.32 Å². The molecule has 0 radical (unpaired) electrons. The largest absolute Gasteiger partial charge is 0.478 e. The van der Waals surface area contributed by atoms with Gasteiger partial charge >= 0.3 is 5.97 Å². The summed E-state index contributed by atoms with van der Waals surface area (Å²) in [5, 5.41) is 11.6. The van der Waals surface area contributed by atoms with Crippen LogP contribution >= 0.6 is 0 Å². The number of nitrogens with one attached hydrogen (secondary N) is 1. The van der Waals surface area contributed by atoms with E-state index in [1.54, 1.807) is 24.3 Å². The molecule has 1 fully saturated rings. The van der Waals surface area contributed by atoms with Gasteiger partial charge in [0, 0.05) is 13.0 Å². The first-order valence-corrected chi connectivity index (χ1v) is 8.63. The number of para-hydroxylation sites is 1. The highest BCUT2D eigenvalue weighted by molar-refractivity contribution is 6.01. The van der Waals surface area contributed by atoms with E-state index in [-0.39, 0.29) is 29.5 Å². The van der Waals surface area contributed by atoms with Crippen LogP contribution < -0.4 is 10.2 Å². The minimum Gasteiger partial charge on any atom is -0.478 e. The fourth-order valence-corrected chi connectivity index (χ4v) is 3.06. The maximum Gasteiger partial charge on any atom is 0.335 e. The van der Waals surface area contributed by atoms with Crippen molar-refractivity contribution in [2.24, 2.45) is 0 Å². The predicted octanol–water partition coefficient (Wildman–Crippen LogP) is 2.38. The van der Waals surface area contributed by atoms with Crippen molar-refractivity contribution in [1.29, 1.82) is 0 Å². The summed E-state index contributed by atoms with van der Waals surface area (Å²) in [4.78, 5) is 36.8. The van der Waals surface area contributed by atoms with Crippen LogP contribution in [0.4, 0.5) is 10.1 Å². The number of aromatic carboxylic acids is 1. The minimum atomic E-state index is -1.00. The van der Waals surface area contributed by atoms with Gasteiger partial charge in [-0.25, -0.2) is 9.18 Å². The molecule has 1 aliphatic heterocycles. The normalized spacial score (nSPS) is 16.4. The molecule has 1 unspecified atom stereocenters. The third kappa shape index (κ3) is 4.31. The van der Waals surface area contributed by atoms with Crippen LogP contribution in [0.2, 0.25) is 0 Å². The average molecular weight is 370 g/mol. The number of carbonyl (C=O) groups is 3. The SMILES string of the molecule is O=C(CCc1ccc(C(=O)O)cc1)NC1CCN(c2ccccc2F)C1=O. The van der Waals surface area contributed by atoms with E-state index < -0.39 is 17.8 Å². The highest BCUT2D eigenvalue weighted by Crippen LogP contribution is 2.24. The second-order valence-corrected chi connectivity index (χ2v) is 6.35. The van der Waals surface area contributed by atoms with Gasteiger partial charge in [-0.1, -0.05) is 24.3 Å². The van der Waals surface area contributed by atoms with E-state index in [1.165, 1.54) is 29.2 Å². The molecule has 1 saturated heterocycles. The Hall–Kier alpha value is -3.22. The Morgan fingerprint density at radius 1 is 1.15 bits per heavy atom. The number of amides is 2. The van der Waals surface area contributed by atoms with Gasteiger partial charge in [0.2, 0.25) is 11.8 Å². The van der Waals surface area contributed by atoms with Gasteiger partial charge in [0.1, 0.15) is 11.9 Å². The van der Waals surface area contributed by atoms with Gasteiger partial charge in [-0.2, -0.15) is 0 Å². The molecule has 0 aliphatic carbocycles. The second-order valence-electron chi connectivity index (χ2n) is 6.35. The molecule has 140 valence electrons. The minimum absolute atomic E-state index is 0.176. The fraction of sp³-hybridized carbons (Fsp3) is 0.250. The van der Waals surface area contributed by atoms with Gasteiger partial charge in [0.05, 0.1) is 11.3 Å². The Kier molecular flexibility index (Phi) is 5.49. The van der Waals surface area contributed by atoms with Crippen LogP contribution in [0.5, 0.6) is 0 Å². The molecular weight excluding hydrogens is 351 g/mol. The Bertz CT molecular complexity index is 867. The molecular formula is C20H19FN2O4. The molecule has 3 rings (SSSR count). The molecule has 1 atom stereocenters. The van der Waals surface area contributed by atoms with Crippen molar-refractivity contribution in [2.45, 2.75) is 25.3 Å². The molecule has 0 aromatic heterocycles. The Balaban J connectivity index is 1.53. The van der Waals surface area contributed by atoms with Crippen LogP contribution in [-0.4, -0.2) is 35.5 Å². The molecule has 7 heteroatoms. The lowest BCUT2D eigenvalue weighted by Crippen LogP contribution is -2.41. The van der Waals surface area contributed by atoms with Crippen LogP contribution in [0.15, 0.2) is 48.5 Å². The van der Waals surface area contributed by atoms with Crippen LogP contribution in [0.3, 0.4) is 0 Å².